The molecular weight excluding hydrogens is 412 g/mol. The smallest absolute Gasteiger partial charge is 0.224 e. The molecular formula is C32H45N2+. The van der Waals surface area contributed by atoms with Crippen LogP contribution >= 0.6 is 0 Å². The summed E-state index contributed by atoms with van der Waals surface area (Å²) in [6.45, 7) is 23.6. The van der Waals surface area contributed by atoms with E-state index in [0.29, 0.717) is 17.8 Å². The third-order valence-corrected chi connectivity index (χ3v) is 9.04. The highest BCUT2D eigenvalue weighted by atomic mass is 15.2. The van der Waals surface area contributed by atoms with Crippen LogP contribution in [0.4, 0.5) is 0 Å². The number of imidazole rings is 1. The van der Waals surface area contributed by atoms with Crippen molar-refractivity contribution >= 4 is 0 Å². The number of rotatable bonds is 6. The molecule has 1 aliphatic rings. The van der Waals surface area contributed by atoms with Crippen molar-refractivity contribution < 1.29 is 4.57 Å². The van der Waals surface area contributed by atoms with Crippen molar-refractivity contribution in [3.05, 3.63) is 71.0 Å². The van der Waals surface area contributed by atoms with Crippen molar-refractivity contribution in [1.29, 1.82) is 0 Å². The maximum absolute atomic E-state index is 2.60. The highest BCUT2D eigenvalue weighted by molar-refractivity contribution is 5.67. The van der Waals surface area contributed by atoms with Crippen molar-refractivity contribution in [3.8, 4) is 17.1 Å². The topological polar surface area (TPSA) is 8.81 Å². The van der Waals surface area contributed by atoms with E-state index >= 15 is 0 Å². The van der Waals surface area contributed by atoms with E-state index in [1.165, 1.54) is 39.3 Å². The fraction of sp³-hybridized carbons (Fsp3) is 0.531. The molecule has 3 aromatic rings. The van der Waals surface area contributed by atoms with E-state index in [-0.39, 0.29) is 11.0 Å². The molecule has 2 nitrogen and oxygen atoms in total. The van der Waals surface area contributed by atoms with Gasteiger partial charge in [-0.25, -0.2) is 4.57 Å². The zero-order chi connectivity index (χ0) is 25.0. The van der Waals surface area contributed by atoms with E-state index in [0.717, 1.165) is 12.8 Å². The van der Waals surface area contributed by atoms with Gasteiger partial charge in [-0.15, -0.1) is 0 Å². The van der Waals surface area contributed by atoms with E-state index in [1.54, 1.807) is 0 Å². The molecule has 2 atom stereocenters. The third-order valence-electron chi connectivity index (χ3n) is 9.04. The van der Waals surface area contributed by atoms with Crippen LogP contribution in [0, 0.1) is 0 Å². The van der Waals surface area contributed by atoms with Crippen LogP contribution < -0.4 is 4.57 Å². The highest BCUT2D eigenvalue weighted by Gasteiger charge is 2.55. The molecule has 34 heavy (non-hydrogen) atoms. The van der Waals surface area contributed by atoms with Crippen LogP contribution in [0.3, 0.4) is 0 Å². The molecule has 2 heterocycles. The van der Waals surface area contributed by atoms with E-state index in [1.807, 2.05) is 0 Å². The molecule has 0 aliphatic carbocycles. The van der Waals surface area contributed by atoms with Crippen LogP contribution in [0.2, 0.25) is 0 Å². The number of aromatic nitrogens is 2. The van der Waals surface area contributed by atoms with Crippen molar-refractivity contribution in [2.24, 2.45) is 0 Å². The minimum absolute atomic E-state index is 0.00451. The Balaban J connectivity index is 2.13. The van der Waals surface area contributed by atoms with Gasteiger partial charge in [-0.3, -0.25) is 0 Å². The predicted molar refractivity (Wildman–Crippen MR) is 145 cm³/mol. The van der Waals surface area contributed by atoms with Crippen molar-refractivity contribution in [3.63, 3.8) is 0 Å². The summed E-state index contributed by atoms with van der Waals surface area (Å²) in [5.74, 6) is 2.75. The Morgan fingerprint density at radius 2 is 1.41 bits per heavy atom. The average molecular weight is 458 g/mol. The van der Waals surface area contributed by atoms with Crippen molar-refractivity contribution in [2.75, 3.05) is 0 Å². The Kier molecular flexibility index (Phi) is 6.34. The maximum atomic E-state index is 2.60. The van der Waals surface area contributed by atoms with Gasteiger partial charge in [-0.05, 0) is 54.7 Å². The molecule has 2 aromatic carbocycles. The fourth-order valence-corrected chi connectivity index (χ4v) is 6.27. The minimum atomic E-state index is 0.00451. The molecule has 0 bridgehead atoms. The lowest BCUT2D eigenvalue weighted by molar-refractivity contribution is -0.764. The van der Waals surface area contributed by atoms with Crippen LogP contribution in [0.15, 0.2) is 48.8 Å². The molecule has 0 spiro atoms. The quantitative estimate of drug-likeness (QED) is 0.328. The molecule has 0 amide bonds. The molecule has 0 radical (unpaired) electrons. The first-order valence-electron chi connectivity index (χ1n) is 13.4. The summed E-state index contributed by atoms with van der Waals surface area (Å²) in [4.78, 5) is 0. The van der Waals surface area contributed by atoms with Crippen LogP contribution in [-0.4, -0.2) is 4.57 Å². The Labute approximate surface area is 208 Å². The van der Waals surface area contributed by atoms with E-state index < -0.39 is 0 Å². The largest absolute Gasteiger partial charge is 0.294 e. The maximum Gasteiger partial charge on any atom is 0.294 e. The summed E-state index contributed by atoms with van der Waals surface area (Å²) in [5.41, 5.74) is 8.68. The summed E-state index contributed by atoms with van der Waals surface area (Å²) in [6, 6.07) is 14.1. The van der Waals surface area contributed by atoms with Gasteiger partial charge in [0.1, 0.15) is 23.6 Å². The van der Waals surface area contributed by atoms with Gasteiger partial charge in [0.2, 0.25) is 0 Å². The summed E-state index contributed by atoms with van der Waals surface area (Å²) < 4.78 is 5.13. The number of hydrogen-bond acceptors (Lipinski definition) is 0. The van der Waals surface area contributed by atoms with Gasteiger partial charge in [0.25, 0.3) is 5.82 Å². The first-order chi connectivity index (χ1) is 16.0. The Bertz CT molecular complexity index is 1170. The molecule has 2 unspecified atom stereocenters. The normalized spacial score (nSPS) is 21.9. The molecule has 2 heteroatoms. The Morgan fingerprint density at radius 1 is 0.824 bits per heavy atom. The van der Waals surface area contributed by atoms with E-state index in [4.69, 9.17) is 0 Å². The Hall–Kier alpha value is -2.35. The minimum Gasteiger partial charge on any atom is -0.224 e. The lowest BCUT2D eigenvalue weighted by Crippen LogP contribution is -2.67. The molecule has 1 aliphatic heterocycles. The summed E-state index contributed by atoms with van der Waals surface area (Å²) in [6.07, 6.45) is 6.90. The monoisotopic (exact) mass is 457 g/mol. The summed E-state index contributed by atoms with van der Waals surface area (Å²) in [5, 5.41) is 0. The van der Waals surface area contributed by atoms with Crippen molar-refractivity contribution in [2.45, 2.75) is 111 Å². The first-order valence-corrected chi connectivity index (χ1v) is 13.4. The van der Waals surface area contributed by atoms with Gasteiger partial charge in [-0.1, -0.05) is 92.6 Å². The van der Waals surface area contributed by atoms with Crippen LogP contribution in [0.1, 0.15) is 122 Å². The molecule has 1 aromatic heterocycles. The van der Waals surface area contributed by atoms with Gasteiger partial charge in [0.05, 0.1) is 5.56 Å². The third kappa shape index (κ3) is 3.40. The number of hydrogen-bond donors (Lipinski definition) is 0. The molecule has 4 rings (SSSR count). The second kappa shape index (κ2) is 8.70. The zero-order valence-corrected chi connectivity index (χ0v) is 23.2. The number of fused-ring (bicyclic) bond motifs is 3. The summed E-state index contributed by atoms with van der Waals surface area (Å²) >= 11 is 0. The van der Waals surface area contributed by atoms with E-state index in [9.17, 15) is 0 Å². The Morgan fingerprint density at radius 3 is 1.91 bits per heavy atom. The van der Waals surface area contributed by atoms with Crippen LogP contribution in [0.5, 0.6) is 0 Å². The standard InChI is InChI=1S/C32H45N2/c1-11-31(9)28-16-14-13-15-25(28)30-33(17-18-34(30)32(31,10)12-2)29-26(22(5)6)19-24(21(3)4)20-27(29)23(7)8/h13-23H,11-12H2,1-10H3/q+1. The highest BCUT2D eigenvalue weighted by Crippen LogP contribution is 2.50. The van der Waals surface area contributed by atoms with Crippen LogP contribution in [-0.2, 0) is 11.0 Å². The van der Waals surface area contributed by atoms with Crippen molar-refractivity contribution in [1.82, 2.24) is 4.57 Å². The number of nitrogens with zero attached hydrogens (tertiary/aromatic N) is 2. The lowest BCUT2D eigenvalue weighted by Gasteiger charge is -2.47. The number of benzene rings is 2. The van der Waals surface area contributed by atoms with Gasteiger partial charge in [-0.2, -0.15) is 4.57 Å². The predicted octanol–water partition coefficient (Wildman–Crippen LogP) is 8.61. The average Bonchev–Trinajstić information content (AvgIpc) is 3.26. The molecule has 0 saturated carbocycles. The van der Waals surface area contributed by atoms with E-state index in [2.05, 4.69) is 127 Å². The molecule has 182 valence electrons. The van der Waals surface area contributed by atoms with Gasteiger partial charge in [0, 0.05) is 16.5 Å². The first kappa shape index (κ1) is 24.8. The second-order valence-corrected chi connectivity index (χ2v) is 11.7. The molecule has 0 saturated heterocycles. The van der Waals surface area contributed by atoms with Gasteiger partial charge < -0.3 is 0 Å². The fourth-order valence-electron chi connectivity index (χ4n) is 6.27. The molecule has 0 fully saturated rings. The van der Waals surface area contributed by atoms with Gasteiger partial charge in [0.15, 0.2) is 0 Å². The second-order valence-electron chi connectivity index (χ2n) is 11.7. The SMILES string of the molecule is CCC1(C)c2ccccc2-c2n(-c3c(C(C)C)cc(C(C)C)cc3C(C)C)cc[n+]2C1(C)CC. The van der Waals surface area contributed by atoms with Gasteiger partial charge >= 0.3 is 0 Å². The molecule has 0 N–H and O–H groups in total. The van der Waals surface area contributed by atoms with Crippen LogP contribution in [0.25, 0.3) is 17.1 Å². The zero-order valence-electron chi connectivity index (χ0n) is 23.2. The lowest BCUT2D eigenvalue weighted by atomic mass is 9.61. The summed E-state index contributed by atoms with van der Waals surface area (Å²) in [7, 11) is 0.